The first kappa shape index (κ1) is 13.0. The van der Waals surface area contributed by atoms with E-state index in [4.69, 9.17) is 26.5 Å². The number of para-hydroxylation sites is 1. The van der Waals surface area contributed by atoms with Crippen LogP contribution in [0.1, 0.15) is 11.8 Å². The molecule has 0 spiro atoms. The number of hydrogen-bond donors (Lipinski definition) is 1. The molecule has 1 unspecified atom stereocenters. The summed E-state index contributed by atoms with van der Waals surface area (Å²) in [5.41, 5.74) is 6.93. The van der Waals surface area contributed by atoms with Crippen LogP contribution in [-0.4, -0.2) is 6.61 Å². The van der Waals surface area contributed by atoms with E-state index in [-0.39, 0.29) is 6.04 Å². The smallest absolute Gasteiger partial charge is 0.134 e. The molecule has 1 heterocycles. The summed E-state index contributed by atoms with van der Waals surface area (Å²) in [5, 5.41) is 1.68. The Bertz CT molecular complexity index is 690. The van der Waals surface area contributed by atoms with E-state index >= 15 is 0 Å². The normalized spacial score (nSPS) is 12.5. The van der Waals surface area contributed by atoms with E-state index in [1.54, 1.807) is 12.1 Å². The molecule has 0 radical (unpaired) electrons. The lowest BCUT2D eigenvalue weighted by molar-refractivity contribution is 0.275. The van der Waals surface area contributed by atoms with E-state index in [1.165, 1.54) is 0 Å². The molecule has 3 aromatic rings. The topological polar surface area (TPSA) is 48.4 Å². The average molecular weight is 288 g/mol. The van der Waals surface area contributed by atoms with E-state index in [9.17, 15) is 0 Å². The van der Waals surface area contributed by atoms with Gasteiger partial charge in [-0.25, -0.2) is 0 Å². The Morgan fingerprint density at radius 2 is 1.95 bits per heavy atom. The molecule has 0 saturated carbocycles. The van der Waals surface area contributed by atoms with E-state index < -0.39 is 0 Å². The molecule has 0 saturated heterocycles. The summed E-state index contributed by atoms with van der Waals surface area (Å²) in [7, 11) is 0. The van der Waals surface area contributed by atoms with Crippen molar-refractivity contribution in [2.24, 2.45) is 5.73 Å². The van der Waals surface area contributed by atoms with Gasteiger partial charge in [0.15, 0.2) is 0 Å². The molecule has 0 aliphatic heterocycles. The van der Waals surface area contributed by atoms with Gasteiger partial charge in [-0.15, -0.1) is 0 Å². The molecule has 0 aliphatic rings. The molecule has 2 N–H and O–H groups in total. The molecule has 0 fully saturated rings. The van der Waals surface area contributed by atoms with Gasteiger partial charge in [0.05, 0.1) is 6.04 Å². The highest BCUT2D eigenvalue weighted by Crippen LogP contribution is 2.24. The molecule has 0 bridgehead atoms. The Hall–Kier alpha value is -1.97. The zero-order chi connectivity index (χ0) is 13.9. The minimum absolute atomic E-state index is 0.318. The zero-order valence-corrected chi connectivity index (χ0v) is 11.5. The third-order valence-corrected chi connectivity index (χ3v) is 3.27. The van der Waals surface area contributed by atoms with Crippen molar-refractivity contribution in [2.45, 2.75) is 6.04 Å². The van der Waals surface area contributed by atoms with Crippen molar-refractivity contribution in [3.63, 3.8) is 0 Å². The summed E-state index contributed by atoms with van der Waals surface area (Å²) in [5.74, 6) is 1.41. The van der Waals surface area contributed by atoms with Crippen molar-refractivity contribution in [2.75, 3.05) is 6.61 Å². The van der Waals surface area contributed by atoms with Gasteiger partial charge >= 0.3 is 0 Å². The fourth-order valence-corrected chi connectivity index (χ4v) is 2.19. The van der Waals surface area contributed by atoms with Crippen LogP contribution < -0.4 is 10.5 Å². The molecular formula is C16H14ClNO2. The molecular weight excluding hydrogens is 274 g/mol. The van der Waals surface area contributed by atoms with E-state index in [1.807, 2.05) is 42.5 Å². The summed E-state index contributed by atoms with van der Waals surface area (Å²) >= 11 is 5.90. The largest absolute Gasteiger partial charge is 0.491 e. The van der Waals surface area contributed by atoms with Crippen molar-refractivity contribution in [3.8, 4) is 5.75 Å². The second-order valence-corrected chi connectivity index (χ2v) is 5.00. The monoisotopic (exact) mass is 287 g/mol. The van der Waals surface area contributed by atoms with Crippen LogP contribution in [0.2, 0.25) is 5.02 Å². The minimum Gasteiger partial charge on any atom is -0.491 e. The van der Waals surface area contributed by atoms with E-state index in [2.05, 4.69) is 0 Å². The highest BCUT2D eigenvalue weighted by molar-refractivity contribution is 6.30. The minimum atomic E-state index is -0.318. The molecule has 0 amide bonds. The zero-order valence-electron chi connectivity index (χ0n) is 10.8. The van der Waals surface area contributed by atoms with Crippen LogP contribution in [-0.2, 0) is 0 Å². The predicted octanol–water partition coefficient (Wildman–Crippen LogP) is 4.17. The van der Waals surface area contributed by atoms with Crippen LogP contribution in [0.15, 0.2) is 59.0 Å². The summed E-state index contributed by atoms with van der Waals surface area (Å²) in [4.78, 5) is 0. The van der Waals surface area contributed by atoms with Gasteiger partial charge in [0.25, 0.3) is 0 Å². The third kappa shape index (κ3) is 2.79. The molecule has 2 aromatic carbocycles. The van der Waals surface area contributed by atoms with Crippen LogP contribution in [0.5, 0.6) is 5.75 Å². The van der Waals surface area contributed by atoms with Crippen LogP contribution in [0.3, 0.4) is 0 Å². The van der Waals surface area contributed by atoms with E-state index in [0.717, 1.165) is 11.0 Å². The second kappa shape index (κ2) is 5.57. The highest BCUT2D eigenvalue weighted by Gasteiger charge is 2.12. The lowest BCUT2D eigenvalue weighted by Gasteiger charge is -2.11. The van der Waals surface area contributed by atoms with Gasteiger partial charge < -0.3 is 14.9 Å². The lowest BCUT2D eigenvalue weighted by Crippen LogP contribution is -2.18. The Labute approximate surface area is 121 Å². The molecule has 0 aliphatic carbocycles. The molecule has 3 nitrogen and oxygen atoms in total. The van der Waals surface area contributed by atoms with Crippen molar-refractivity contribution >= 4 is 22.6 Å². The quantitative estimate of drug-likeness (QED) is 0.783. The first-order valence-corrected chi connectivity index (χ1v) is 6.72. The van der Waals surface area contributed by atoms with Gasteiger partial charge in [0.1, 0.15) is 23.7 Å². The van der Waals surface area contributed by atoms with Gasteiger partial charge in [-0.1, -0.05) is 35.9 Å². The van der Waals surface area contributed by atoms with Gasteiger partial charge in [0.2, 0.25) is 0 Å². The van der Waals surface area contributed by atoms with Gasteiger partial charge in [-0.3, -0.25) is 0 Å². The summed E-state index contributed by atoms with van der Waals surface area (Å²) in [6, 6.07) is 16.7. The highest BCUT2D eigenvalue weighted by atomic mass is 35.5. The molecule has 102 valence electrons. The molecule has 3 rings (SSSR count). The Kier molecular flexibility index (Phi) is 3.63. The average Bonchev–Trinajstić information content (AvgIpc) is 2.89. The Morgan fingerprint density at radius 3 is 2.75 bits per heavy atom. The Balaban J connectivity index is 1.71. The van der Waals surface area contributed by atoms with Gasteiger partial charge in [-0.05, 0) is 30.3 Å². The molecule has 1 atom stereocenters. The lowest BCUT2D eigenvalue weighted by atomic mass is 10.2. The molecule has 1 aromatic heterocycles. The molecule has 20 heavy (non-hydrogen) atoms. The summed E-state index contributed by atoms with van der Waals surface area (Å²) in [6.45, 7) is 0.333. The fraction of sp³-hybridized carbons (Fsp3) is 0.125. The summed E-state index contributed by atoms with van der Waals surface area (Å²) < 4.78 is 11.3. The van der Waals surface area contributed by atoms with Crippen molar-refractivity contribution < 1.29 is 9.15 Å². The number of rotatable bonds is 4. The second-order valence-electron chi connectivity index (χ2n) is 4.56. The van der Waals surface area contributed by atoms with Crippen molar-refractivity contribution in [1.29, 1.82) is 0 Å². The van der Waals surface area contributed by atoms with Gasteiger partial charge in [-0.2, -0.15) is 0 Å². The van der Waals surface area contributed by atoms with Crippen molar-refractivity contribution in [1.82, 2.24) is 0 Å². The first-order chi connectivity index (χ1) is 9.72. The maximum Gasteiger partial charge on any atom is 0.134 e. The summed E-state index contributed by atoms with van der Waals surface area (Å²) in [6.07, 6.45) is 0. The fourth-order valence-electron chi connectivity index (χ4n) is 2.01. The molecule has 4 heteroatoms. The van der Waals surface area contributed by atoms with Crippen LogP contribution in [0.4, 0.5) is 0 Å². The van der Waals surface area contributed by atoms with Crippen LogP contribution >= 0.6 is 11.6 Å². The number of halogens is 1. The number of nitrogens with two attached hydrogens (primary N) is 1. The third-order valence-electron chi connectivity index (χ3n) is 3.04. The van der Waals surface area contributed by atoms with Crippen LogP contribution in [0.25, 0.3) is 11.0 Å². The number of fused-ring (bicyclic) bond motifs is 1. The van der Waals surface area contributed by atoms with Crippen LogP contribution in [0, 0.1) is 0 Å². The standard InChI is InChI=1S/C16H14ClNO2/c17-12-5-3-6-13(9-12)19-10-14(18)16-8-11-4-1-2-7-15(11)20-16/h1-9,14H,10,18H2. The predicted molar refractivity (Wildman–Crippen MR) is 80.1 cm³/mol. The number of ether oxygens (including phenoxy) is 1. The Morgan fingerprint density at radius 1 is 1.10 bits per heavy atom. The maximum absolute atomic E-state index is 6.09. The number of benzene rings is 2. The number of furan rings is 1. The van der Waals surface area contributed by atoms with Gasteiger partial charge in [0, 0.05) is 10.4 Å². The van der Waals surface area contributed by atoms with Crippen molar-refractivity contribution in [3.05, 3.63) is 65.4 Å². The first-order valence-electron chi connectivity index (χ1n) is 6.35. The number of hydrogen-bond acceptors (Lipinski definition) is 3. The van der Waals surface area contributed by atoms with E-state index in [0.29, 0.717) is 23.1 Å². The SMILES string of the molecule is NC(COc1cccc(Cl)c1)c1cc2ccccc2o1. The maximum atomic E-state index is 6.09.